The van der Waals surface area contributed by atoms with Crippen LogP contribution in [0.3, 0.4) is 0 Å². The number of H-pyrrole nitrogens is 2. The highest BCUT2D eigenvalue weighted by Crippen LogP contribution is 2.21. The van der Waals surface area contributed by atoms with Crippen LogP contribution in [0.4, 0.5) is 0 Å². The molecular weight excluding hydrogens is 274 g/mol. The monoisotopic (exact) mass is 293 g/mol. The fourth-order valence-corrected chi connectivity index (χ4v) is 2.96. The number of aromatic nitrogens is 2. The van der Waals surface area contributed by atoms with Crippen molar-refractivity contribution in [2.24, 2.45) is 0 Å². The summed E-state index contributed by atoms with van der Waals surface area (Å²) >= 11 is 0. The van der Waals surface area contributed by atoms with Gasteiger partial charge in [0.15, 0.2) is 0 Å². The molecule has 2 amide bonds. The van der Waals surface area contributed by atoms with Gasteiger partial charge in [0.25, 0.3) is 5.91 Å². The van der Waals surface area contributed by atoms with Crippen molar-refractivity contribution < 1.29 is 9.59 Å². The normalized spacial score (nSPS) is 22.6. The van der Waals surface area contributed by atoms with Gasteiger partial charge in [0, 0.05) is 38.9 Å². The SMILES string of the molecule is O=C(C1CCCN1C(=O)c1c[nH]c(=O)[nH]1)N1CCNCC1. The lowest BCUT2D eigenvalue weighted by atomic mass is 10.1. The molecule has 3 heterocycles. The van der Waals surface area contributed by atoms with Crippen LogP contribution < -0.4 is 11.0 Å². The van der Waals surface area contributed by atoms with Crippen molar-refractivity contribution in [2.45, 2.75) is 18.9 Å². The van der Waals surface area contributed by atoms with Gasteiger partial charge in [-0.1, -0.05) is 0 Å². The van der Waals surface area contributed by atoms with E-state index in [1.54, 1.807) is 4.90 Å². The van der Waals surface area contributed by atoms with E-state index in [1.807, 2.05) is 4.90 Å². The molecule has 0 saturated carbocycles. The number of carbonyl (C=O) groups excluding carboxylic acids is 2. The lowest BCUT2D eigenvalue weighted by molar-refractivity contribution is -0.135. The molecule has 114 valence electrons. The van der Waals surface area contributed by atoms with Crippen LogP contribution in [0.5, 0.6) is 0 Å². The Hall–Kier alpha value is -2.09. The first-order chi connectivity index (χ1) is 10.2. The number of hydrogen-bond donors (Lipinski definition) is 3. The molecule has 1 unspecified atom stereocenters. The Labute approximate surface area is 121 Å². The predicted octanol–water partition coefficient (Wildman–Crippen LogP) is -1.26. The summed E-state index contributed by atoms with van der Waals surface area (Å²) in [5, 5.41) is 3.20. The summed E-state index contributed by atoms with van der Waals surface area (Å²) in [6, 6.07) is -0.408. The quantitative estimate of drug-likeness (QED) is 0.633. The first-order valence-corrected chi connectivity index (χ1v) is 7.25. The molecule has 0 aliphatic carbocycles. The Morgan fingerprint density at radius 1 is 1.19 bits per heavy atom. The summed E-state index contributed by atoms with van der Waals surface area (Å²) in [5.74, 6) is -0.278. The number of nitrogens with one attached hydrogen (secondary N) is 3. The van der Waals surface area contributed by atoms with Gasteiger partial charge in [-0.15, -0.1) is 0 Å². The molecule has 1 atom stereocenters. The predicted molar refractivity (Wildman–Crippen MR) is 74.9 cm³/mol. The molecule has 1 aromatic rings. The van der Waals surface area contributed by atoms with E-state index in [4.69, 9.17) is 0 Å². The first-order valence-electron chi connectivity index (χ1n) is 7.25. The highest BCUT2D eigenvalue weighted by molar-refractivity contribution is 5.96. The summed E-state index contributed by atoms with van der Waals surface area (Å²) < 4.78 is 0. The molecule has 2 fully saturated rings. The zero-order valence-corrected chi connectivity index (χ0v) is 11.7. The Balaban J connectivity index is 1.74. The van der Waals surface area contributed by atoms with Gasteiger partial charge in [0.05, 0.1) is 0 Å². The molecule has 1 aromatic heterocycles. The summed E-state index contributed by atoms with van der Waals surface area (Å²) in [4.78, 5) is 44.4. The topological polar surface area (TPSA) is 101 Å². The molecule has 8 heteroatoms. The van der Waals surface area contributed by atoms with Crippen LogP contribution in [0.15, 0.2) is 11.0 Å². The van der Waals surface area contributed by atoms with E-state index in [-0.39, 0.29) is 17.5 Å². The van der Waals surface area contributed by atoms with Crippen molar-refractivity contribution in [3.05, 3.63) is 22.4 Å². The van der Waals surface area contributed by atoms with Crippen molar-refractivity contribution in [3.8, 4) is 0 Å². The number of piperazine rings is 1. The van der Waals surface area contributed by atoms with E-state index in [0.29, 0.717) is 26.1 Å². The standard InChI is InChI=1S/C13H19N5O3/c19-11(9-8-15-13(21)16-9)18-5-1-2-10(18)12(20)17-6-3-14-4-7-17/h8,10,14H,1-7H2,(H2,15,16,21). The van der Waals surface area contributed by atoms with Gasteiger partial charge in [0.1, 0.15) is 11.7 Å². The highest BCUT2D eigenvalue weighted by Gasteiger charge is 2.37. The molecule has 0 bridgehead atoms. The molecule has 3 N–H and O–H groups in total. The van der Waals surface area contributed by atoms with Gasteiger partial charge in [-0.25, -0.2) is 4.79 Å². The van der Waals surface area contributed by atoms with E-state index in [1.165, 1.54) is 6.20 Å². The van der Waals surface area contributed by atoms with Crippen molar-refractivity contribution >= 4 is 11.8 Å². The molecule has 2 saturated heterocycles. The molecule has 8 nitrogen and oxygen atoms in total. The number of aromatic amines is 2. The molecule has 3 rings (SSSR count). The summed E-state index contributed by atoms with van der Waals surface area (Å²) in [6.07, 6.45) is 2.85. The third kappa shape index (κ3) is 2.71. The van der Waals surface area contributed by atoms with Gasteiger partial charge < -0.3 is 25.1 Å². The molecule has 2 aliphatic rings. The second kappa shape index (κ2) is 5.72. The third-order valence-corrected chi connectivity index (χ3v) is 4.05. The lowest BCUT2D eigenvalue weighted by Crippen LogP contribution is -2.53. The van der Waals surface area contributed by atoms with Gasteiger partial charge in [-0.05, 0) is 12.8 Å². The minimum atomic E-state index is -0.414. The van der Waals surface area contributed by atoms with Crippen molar-refractivity contribution in [1.29, 1.82) is 0 Å². The van der Waals surface area contributed by atoms with Crippen molar-refractivity contribution in [1.82, 2.24) is 25.1 Å². The van der Waals surface area contributed by atoms with Gasteiger partial charge in [-0.2, -0.15) is 0 Å². The maximum atomic E-state index is 12.6. The Bertz CT molecular complexity index is 587. The molecule has 0 radical (unpaired) electrons. The zero-order valence-electron chi connectivity index (χ0n) is 11.7. The van der Waals surface area contributed by atoms with Crippen LogP contribution in [0.25, 0.3) is 0 Å². The van der Waals surface area contributed by atoms with Gasteiger partial charge in [0.2, 0.25) is 5.91 Å². The zero-order chi connectivity index (χ0) is 14.8. The third-order valence-electron chi connectivity index (χ3n) is 4.05. The number of nitrogens with zero attached hydrogens (tertiary/aromatic N) is 2. The molecule has 2 aliphatic heterocycles. The second-order valence-corrected chi connectivity index (χ2v) is 5.39. The number of amides is 2. The average Bonchev–Trinajstić information content (AvgIpc) is 3.15. The Morgan fingerprint density at radius 2 is 1.95 bits per heavy atom. The Kier molecular flexibility index (Phi) is 3.78. The fraction of sp³-hybridized carbons (Fsp3) is 0.615. The number of imidazole rings is 1. The van der Waals surface area contributed by atoms with E-state index >= 15 is 0 Å². The molecule has 21 heavy (non-hydrogen) atoms. The van der Waals surface area contributed by atoms with E-state index in [9.17, 15) is 14.4 Å². The van der Waals surface area contributed by atoms with E-state index < -0.39 is 11.7 Å². The molecule has 0 spiro atoms. The molecular formula is C13H19N5O3. The number of hydrogen-bond acceptors (Lipinski definition) is 4. The van der Waals surface area contributed by atoms with Crippen LogP contribution >= 0.6 is 0 Å². The molecule has 0 aromatic carbocycles. The van der Waals surface area contributed by atoms with Crippen molar-refractivity contribution in [2.75, 3.05) is 32.7 Å². The number of likely N-dealkylation sites (tertiary alicyclic amines) is 1. The maximum absolute atomic E-state index is 12.6. The van der Waals surface area contributed by atoms with Crippen LogP contribution in [0.1, 0.15) is 23.3 Å². The second-order valence-electron chi connectivity index (χ2n) is 5.39. The summed E-state index contributed by atoms with van der Waals surface area (Å²) in [6.45, 7) is 3.49. The van der Waals surface area contributed by atoms with Crippen LogP contribution in [-0.2, 0) is 4.79 Å². The number of rotatable bonds is 2. The van der Waals surface area contributed by atoms with Crippen LogP contribution in [0, 0.1) is 0 Å². The highest BCUT2D eigenvalue weighted by atomic mass is 16.2. The Morgan fingerprint density at radius 3 is 2.62 bits per heavy atom. The number of carbonyl (C=O) groups is 2. The average molecular weight is 293 g/mol. The first kappa shape index (κ1) is 13.9. The van der Waals surface area contributed by atoms with Crippen LogP contribution in [0.2, 0.25) is 0 Å². The van der Waals surface area contributed by atoms with E-state index in [0.717, 1.165) is 19.5 Å². The minimum Gasteiger partial charge on any atom is -0.338 e. The fourth-order valence-electron chi connectivity index (χ4n) is 2.96. The largest absolute Gasteiger partial charge is 0.338 e. The van der Waals surface area contributed by atoms with Crippen molar-refractivity contribution in [3.63, 3.8) is 0 Å². The van der Waals surface area contributed by atoms with Crippen LogP contribution in [-0.4, -0.2) is 70.3 Å². The summed E-state index contributed by atoms with van der Waals surface area (Å²) in [5.41, 5.74) is -0.206. The van der Waals surface area contributed by atoms with Gasteiger partial charge in [-0.3, -0.25) is 9.59 Å². The smallest absolute Gasteiger partial charge is 0.323 e. The summed E-state index contributed by atoms with van der Waals surface area (Å²) in [7, 11) is 0. The lowest BCUT2D eigenvalue weighted by Gasteiger charge is -2.32. The minimum absolute atomic E-state index is 0.0141. The van der Waals surface area contributed by atoms with Gasteiger partial charge >= 0.3 is 5.69 Å². The van der Waals surface area contributed by atoms with E-state index in [2.05, 4.69) is 15.3 Å². The maximum Gasteiger partial charge on any atom is 0.323 e.